The van der Waals surface area contributed by atoms with E-state index in [0.29, 0.717) is 44.9 Å². The summed E-state index contributed by atoms with van der Waals surface area (Å²) in [5, 5.41) is 46.8. The normalized spacial score (nSPS) is 54.4. The number of hydrogen-bond donors (Lipinski definition) is 4. The molecule has 276 valence electrons. The van der Waals surface area contributed by atoms with Crippen molar-refractivity contribution < 1.29 is 58.3 Å². The summed E-state index contributed by atoms with van der Waals surface area (Å²) < 4.78 is 51.1. The van der Waals surface area contributed by atoms with Gasteiger partial charge in [-0.05, 0) is 78.6 Å². The highest BCUT2D eigenvalue weighted by molar-refractivity contribution is 5.25. The molecule has 0 amide bonds. The van der Waals surface area contributed by atoms with E-state index in [-0.39, 0.29) is 55.9 Å². The Kier molecular flexibility index (Phi) is 9.00. The summed E-state index contributed by atoms with van der Waals surface area (Å²) in [5.74, 6) is -2.44. The minimum atomic E-state index is -1.26. The Labute approximate surface area is 285 Å². The maximum atomic E-state index is 13.1. The van der Waals surface area contributed by atoms with Crippen LogP contribution in [0.2, 0.25) is 0 Å². The molecular weight excluding hydrogens is 624 g/mol. The lowest BCUT2D eigenvalue weighted by Gasteiger charge is -2.71. The van der Waals surface area contributed by atoms with Gasteiger partial charge in [-0.1, -0.05) is 13.8 Å². The predicted molar refractivity (Wildman–Crippen MR) is 170 cm³/mol. The Hall–Kier alpha value is -0.480. The van der Waals surface area contributed by atoms with E-state index < -0.39 is 70.4 Å². The molecular formula is C36H60O12. The van der Waals surface area contributed by atoms with Crippen molar-refractivity contribution in [2.75, 3.05) is 27.1 Å². The molecule has 7 aliphatic rings. The number of ether oxygens (including phenoxy) is 8. The second kappa shape index (κ2) is 12.0. The van der Waals surface area contributed by atoms with Gasteiger partial charge >= 0.3 is 0 Å². The minimum absolute atomic E-state index is 0.0460. The van der Waals surface area contributed by atoms with Crippen molar-refractivity contribution in [2.45, 2.75) is 165 Å². The molecule has 12 heteroatoms. The van der Waals surface area contributed by atoms with Gasteiger partial charge in [0.05, 0.1) is 66.5 Å². The van der Waals surface area contributed by atoms with Crippen LogP contribution in [0.15, 0.2) is 0 Å². The van der Waals surface area contributed by atoms with Crippen molar-refractivity contribution in [1.29, 1.82) is 0 Å². The first kappa shape index (κ1) is 35.9. The average molecular weight is 685 g/mol. The molecule has 16 atom stereocenters. The molecule has 0 aromatic carbocycles. The quantitative estimate of drug-likeness (QED) is 0.230. The molecule has 4 N–H and O–H groups in total. The Morgan fingerprint density at radius 3 is 2.35 bits per heavy atom. The van der Waals surface area contributed by atoms with E-state index in [1.807, 2.05) is 41.5 Å². The lowest BCUT2D eigenvalue weighted by molar-refractivity contribution is -0.410. The third-order valence-electron chi connectivity index (χ3n) is 14.2. The molecule has 0 aromatic rings. The smallest absolute Gasteiger partial charge is 0.187 e. The van der Waals surface area contributed by atoms with E-state index in [0.717, 1.165) is 0 Å². The van der Waals surface area contributed by atoms with Crippen LogP contribution in [0.4, 0.5) is 0 Å². The first-order valence-corrected chi connectivity index (χ1v) is 18.3. The van der Waals surface area contributed by atoms with Crippen molar-refractivity contribution in [1.82, 2.24) is 0 Å². The lowest BCUT2D eigenvalue weighted by Crippen LogP contribution is -2.78. The van der Waals surface area contributed by atoms with E-state index in [4.69, 9.17) is 37.9 Å². The van der Waals surface area contributed by atoms with E-state index in [2.05, 4.69) is 6.92 Å². The monoisotopic (exact) mass is 684 g/mol. The maximum absolute atomic E-state index is 13.1. The highest BCUT2D eigenvalue weighted by atomic mass is 16.8. The van der Waals surface area contributed by atoms with Gasteiger partial charge in [0, 0.05) is 37.2 Å². The van der Waals surface area contributed by atoms with E-state index >= 15 is 0 Å². The molecule has 3 unspecified atom stereocenters. The number of aliphatic hydroxyl groups excluding tert-OH is 2. The van der Waals surface area contributed by atoms with Gasteiger partial charge in [-0.25, -0.2) is 0 Å². The molecule has 0 bridgehead atoms. The fourth-order valence-electron chi connectivity index (χ4n) is 11.8. The van der Waals surface area contributed by atoms with Crippen LogP contribution in [0, 0.1) is 34.5 Å². The number of fused-ring (bicyclic) bond motifs is 4. The van der Waals surface area contributed by atoms with Crippen molar-refractivity contribution in [2.24, 2.45) is 34.5 Å². The second-order valence-electron chi connectivity index (χ2n) is 17.4. The molecule has 48 heavy (non-hydrogen) atoms. The summed E-state index contributed by atoms with van der Waals surface area (Å²) in [5.41, 5.74) is -4.04. The van der Waals surface area contributed by atoms with E-state index in [9.17, 15) is 20.4 Å². The number of methoxy groups -OCH3 is 1. The highest BCUT2D eigenvalue weighted by Gasteiger charge is 2.77. The molecule has 3 heterocycles. The zero-order valence-corrected chi connectivity index (χ0v) is 30.1. The third kappa shape index (κ3) is 5.22. The van der Waals surface area contributed by atoms with Crippen molar-refractivity contribution >= 4 is 0 Å². The third-order valence-corrected chi connectivity index (χ3v) is 14.2. The van der Waals surface area contributed by atoms with Crippen LogP contribution < -0.4 is 0 Å². The lowest BCUT2D eigenvalue weighted by atomic mass is 9.40. The van der Waals surface area contributed by atoms with Gasteiger partial charge in [-0.3, -0.25) is 0 Å². The van der Waals surface area contributed by atoms with Gasteiger partial charge in [0.15, 0.2) is 17.9 Å². The summed E-state index contributed by atoms with van der Waals surface area (Å²) >= 11 is 0. The van der Waals surface area contributed by atoms with Crippen molar-refractivity contribution in [3.63, 3.8) is 0 Å². The van der Waals surface area contributed by atoms with Crippen LogP contribution in [0.1, 0.15) is 93.4 Å². The van der Waals surface area contributed by atoms with Gasteiger partial charge < -0.3 is 58.3 Å². The zero-order chi connectivity index (χ0) is 34.7. The van der Waals surface area contributed by atoms with Crippen LogP contribution in [0.3, 0.4) is 0 Å². The highest BCUT2D eigenvalue weighted by Crippen LogP contribution is 2.72. The molecule has 1 spiro atoms. The van der Waals surface area contributed by atoms with Gasteiger partial charge in [0.2, 0.25) is 0 Å². The fraction of sp³-hybridized carbons (Fsp3) is 1.00. The topological polar surface area (TPSA) is 155 Å². The molecule has 3 saturated heterocycles. The van der Waals surface area contributed by atoms with Gasteiger partial charge in [0.1, 0.15) is 12.9 Å². The van der Waals surface area contributed by atoms with Crippen molar-refractivity contribution in [3.8, 4) is 0 Å². The fourth-order valence-corrected chi connectivity index (χ4v) is 11.8. The minimum Gasteiger partial charge on any atom is -0.394 e. The Morgan fingerprint density at radius 2 is 1.65 bits per heavy atom. The van der Waals surface area contributed by atoms with E-state index in [1.54, 1.807) is 7.11 Å². The molecule has 4 aliphatic carbocycles. The predicted octanol–water partition coefficient (Wildman–Crippen LogP) is 2.86. The first-order valence-electron chi connectivity index (χ1n) is 18.3. The van der Waals surface area contributed by atoms with Gasteiger partial charge in [0.25, 0.3) is 0 Å². The standard InChI is InChI=1S/C36H60O12/c1-19-20(2)44-30(29-28(19)47-32(5,6)48-29)45-21-13-26-35(17-43-31(3,4)46-26)27-23(9-11-34(35,39)14-21)36(40)12-10-22(24(38)16-37)33(36,7)15-25(27)42-18-41-8/h19-30,37-40H,9-18H2,1-8H3/t19-,20-,21-,22+,23?,24?,25+,26+,27?,28+,29+,30-,33+,34-,35+,36-/m0/s1. The number of aliphatic hydroxyl groups is 4. The summed E-state index contributed by atoms with van der Waals surface area (Å²) in [7, 11) is 1.59. The van der Waals surface area contributed by atoms with Crippen LogP contribution in [-0.4, -0.2) is 119 Å². The largest absolute Gasteiger partial charge is 0.394 e. The molecule has 7 fully saturated rings. The first-order chi connectivity index (χ1) is 22.4. The Morgan fingerprint density at radius 1 is 0.917 bits per heavy atom. The molecule has 7 rings (SSSR count). The van der Waals surface area contributed by atoms with Crippen molar-refractivity contribution in [3.05, 3.63) is 0 Å². The van der Waals surface area contributed by atoms with Gasteiger partial charge in [-0.15, -0.1) is 0 Å². The van der Waals surface area contributed by atoms with Crippen LogP contribution in [0.25, 0.3) is 0 Å². The number of rotatable bonds is 7. The maximum Gasteiger partial charge on any atom is 0.187 e. The summed E-state index contributed by atoms with van der Waals surface area (Å²) in [4.78, 5) is 0. The van der Waals surface area contributed by atoms with Crippen LogP contribution >= 0.6 is 0 Å². The van der Waals surface area contributed by atoms with E-state index in [1.165, 1.54) is 0 Å². The summed E-state index contributed by atoms with van der Waals surface area (Å²) in [6.07, 6.45) is -0.296. The number of hydrogen-bond acceptors (Lipinski definition) is 12. The SMILES string of the molecule is COCO[C@@H]1C[C@]2(C)[C@@H](C(O)CO)CC[C@]2(O)C2CC[C@]3(O)C[C@@H](O[C@@H]4O[C@@H](C)[C@H](C)[C@H]5OC(C)(C)O[C@@H]45)C[C@H]4OC(C)(C)OC[C@]43C21. The molecule has 0 aromatic heterocycles. The van der Waals surface area contributed by atoms with Gasteiger partial charge in [-0.2, -0.15) is 0 Å². The van der Waals surface area contributed by atoms with Crippen LogP contribution in [-0.2, 0) is 37.9 Å². The Balaban J connectivity index is 1.24. The molecule has 4 saturated carbocycles. The molecule has 0 radical (unpaired) electrons. The second-order valence-corrected chi connectivity index (χ2v) is 17.4. The summed E-state index contributed by atoms with van der Waals surface area (Å²) in [6, 6.07) is 0. The summed E-state index contributed by atoms with van der Waals surface area (Å²) in [6.45, 7) is 13.7. The zero-order valence-electron chi connectivity index (χ0n) is 30.1. The average Bonchev–Trinajstić information content (AvgIpc) is 3.49. The molecule has 3 aliphatic heterocycles. The van der Waals surface area contributed by atoms with Crippen LogP contribution in [0.5, 0.6) is 0 Å². The Bertz CT molecular complexity index is 1200. The molecule has 12 nitrogen and oxygen atoms in total.